The Morgan fingerprint density at radius 1 is 1.36 bits per heavy atom. The van der Waals surface area contributed by atoms with Crippen molar-refractivity contribution in [3.8, 4) is 6.07 Å². The predicted octanol–water partition coefficient (Wildman–Crippen LogP) is 0.435. The van der Waals surface area contributed by atoms with Crippen molar-refractivity contribution in [2.24, 2.45) is 0 Å². The van der Waals surface area contributed by atoms with Gasteiger partial charge in [-0.15, -0.1) is 5.10 Å². The zero-order chi connectivity index (χ0) is 17.6. The van der Waals surface area contributed by atoms with E-state index in [1.807, 2.05) is 6.07 Å². The van der Waals surface area contributed by atoms with Crippen LogP contribution in [0.3, 0.4) is 0 Å². The molecular weight excluding hydrogens is 328 g/mol. The van der Waals surface area contributed by atoms with E-state index in [1.54, 1.807) is 4.68 Å². The summed E-state index contributed by atoms with van der Waals surface area (Å²) >= 11 is 0. The summed E-state index contributed by atoms with van der Waals surface area (Å²) in [4.78, 5) is 23.8. The van der Waals surface area contributed by atoms with Gasteiger partial charge in [0.25, 0.3) is 5.56 Å². The summed E-state index contributed by atoms with van der Waals surface area (Å²) in [6.45, 7) is 1.48. The Balaban J connectivity index is 1.66. The zero-order valence-corrected chi connectivity index (χ0v) is 13.6. The number of esters is 1. The molecule has 0 N–H and O–H groups in total. The molecule has 0 aromatic carbocycles. The van der Waals surface area contributed by atoms with Crippen molar-refractivity contribution in [3.63, 3.8) is 0 Å². The lowest BCUT2D eigenvalue weighted by atomic mass is 10.2. The second-order valence-electron chi connectivity index (χ2n) is 6.27. The van der Waals surface area contributed by atoms with Gasteiger partial charge in [0.05, 0.1) is 12.1 Å². The van der Waals surface area contributed by atoms with Gasteiger partial charge in [0.1, 0.15) is 12.7 Å². The van der Waals surface area contributed by atoms with E-state index in [2.05, 4.69) is 15.4 Å². The second kappa shape index (κ2) is 5.93. The molecule has 2 aromatic heterocycles. The maximum absolute atomic E-state index is 12.9. The molecule has 2 fully saturated rings. The normalized spacial score (nSPS) is 22.9. The average Bonchev–Trinajstić information content (AvgIpc) is 3.20. The first-order chi connectivity index (χ1) is 12.1. The van der Waals surface area contributed by atoms with Crippen molar-refractivity contribution in [1.29, 1.82) is 5.26 Å². The molecule has 0 spiro atoms. The van der Waals surface area contributed by atoms with E-state index in [1.165, 1.54) is 11.6 Å². The van der Waals surface area contributed by atoms with Gasteiger partial charge >= 0.3 is 5.97 Å². The average molecular weight is 344 g/mol. The van der Waals surface area contributed by atoms with E-state index < -0.39 is 6.23 Å². The highest BCUT2D eigenvalue weighted by molar-refractivity contribution is 5.78. The fraction of sp³-hybridized carbons (Fsp3) is 0.600. The summed E-state index contributed by atoms with van der Waals surface area (Å²) in [7, 11) is 0. The van der Waals surface area contributed by atoms with Crippen LogP contribution in [0.25, 0.3) is 11.0 Å². The Labute approximate surface area is 141 Å². The predicted molar refractivity (Wildman–Crippen MR) is 82.3 cm³/mol. The lowest BCUT2D eigenvalue weighted by Gasteiger charge is -2.14. The van der Waals surface area contributed by atoms with Crippen LogP contribution in [0, 0.1) is 11.3 Å². The highest BCUT2D eigenvalue weighted by Gasteiger charge is 2.33. The molecule has 2 aliphatic rings. The monoisotopic (exact) mass is 344 g/mol. The minimum Gasteiger partial charge on any atom is -0.463 e. The first-order valence-corrected chi connectivity index (χ1v) is 8.15. The van der Waals surface area contributed by atoms with E-state index in [-0.39, 0.29) is 41.5 Å². The Hall–Kier alpha value is -2.80. The van der Waals surface area contributed by atoms with Crippen LogP contribution in [0.4, 0.5) is 0 Å². The van der Waals surface area contributed by atoms with E-state index in [9.17, 15) is 14.9 Å². The molecule has 130 valence electrons. The summed E-state index contributed by atoms with van der Waals surface area (Å²) < 4.78 is 13.5. The molecule has 10 nitrogen and oxygen atoms in total. The smallest absolute Gasteiger partial charge is 0.302 e. The van der Waals surface area contributed by atoms with Crippen molar-refractivity contribution in [2.75, 3.05) is 6.61 Å². The Morgan fingerprint density at radius 3 is 2.84 bits per heavy atom. The van der Waals surface area contributed by atoms with Gasteiger partial charge in [-0.25, -0.2) is 0 Å². The Kier molecular flexibility index (Phi) is 3.73. The van der Waals surface area contributed by atoms with Crippen LogP contribution in [-0.2, 0) is 14.3 Å². The number of fused-ring (bicyclic) bond motifs is 1. The van der Waals surface area contributed by atoms with E-state index in [0.29, 0.717) is 18.4 Å². The van der Waals surface area contributed by atoms with E-state index in [0.717, 1.165) is 12.8 Å². The first kappa shape index (κ1) is 15.7. The highest BCUT2D eigenvalue weighted by atomic mass is 16.6. The van der Waals surface area contributed by atoms with Crippen molar-refractivity contribution < 1.29 is 14.3 Å². The quantitative estimate of drug-likeness (QED) is 0.731. The van der Waals surface area contributed by atoms with E-state index >= 15 is 0 Å². The first-order valence-electron chi connectivity index (χ1n) is 8.15. The van der Waals surface area contributed by atoms with Crippen molar-refractivity contribution >= 4 is 17.0 Å². The van der Waals surface area contributed by atoms with Crippen LogP contribution in [0.5, 0.6) is 0 Å². The van der Waals surface area contributed by atoms with Gasteiger partial charge < -0.3 is 9.47 Å². The fourth-order valence-corrected chi connectivity index (χ4v) is 3.01. The number of nitrogens with zero attached hydrogens (tertiary/aromatic N) is 6. The largest absolute Gasteiger partial charge is 0.463 e. The number of carbonyl (C=O) groups excluding carboxylic acids is 1. The van der Waals surface area contributed by atoms with Crippen LogP contribution in [0.2, 0.25) is 0 Å². The van der Waals surface area contributed by atoms with Gasteiger partial charge in [-0.1, -0.05) is 5.21 Å². The molecule has 1 saturated carbocycles. The number of rotatable bonds is 4. The van der Waals surface area contributed by atoms with Gasteiger partial charge in [-0.05, 0) is 25.7 Å². The summed E-state index contributed by atoms with van der Waals surface area (Å²) in [5.74, 6) is -0.372. The highest BCUT2D eigenvalue weighted by Crippen LogP contribution is 2.36. The van der Waals surface area contributed by atoms with Crippen molar-refractivity contribution in [2.45, 2.75) is 51.0 Å². The summed E-state index contributed by atoms with van der Waals surface area (Å²) in [5.41, 5.74) is 0.258. The van der Waals surface area contributed by atoms with Gasteiger partial charge in [0, 0.05) is 6.92 Å². The number of hydrogen-bond donors (Lipinski definition) is 0. The molecule has 1 aliphatic carbocycles. The van der Waals surface area contributed by atoms with Crippen molar-refractivity contribution in [1.82, 2.24) is 24.8 Å². The summed E-state index contributed by atoms with van der Waals surface area (Å²) in [6, 6.07) is 2.10. The van der Waals surface area contributed by atoms with Gasteiger partial charge in [-0.3, -0.25) is 14.3 Å². The summed E-state index contributed by atoms with van der Waals surface area (Å²) in [6.07, 6.45) is 2.21. The standard InChI is InChI=1S/C15H16N6O4/c1-8(22)24-7-10-4-5-12(25-10)21-15(23)14-13(17-19-21)11(6-16)18-20(14)9-2-3-9/h9-10,12H,2-5,7H2,1H3. The third kappa shape index (κ3) is 2.76. The van der Waals surface area contributed by atoms with Crippen LogP contribution in [0.1, 0.15) is 50.6 Å². The lowest BCUT2D eigenvalue weighted by molar-refractivity contribution is -0.145. The molecule has 4 rings (SSSR count). The minimum absolute atomic E-state index is 0.110. The number of hydrogen-bond acceptors (Lipinski definition) is 8. The number of aromatic nitrogens is 5. The Morgan fingerprint density at radius 2 is 2.16 bits per heavy atom. The second-order valence-corrected chi connectivity index (χ2v) is 6.27. The number of ether oxygens (including phenoxy) is 2. The van der Waals surface area contributed by atoms with Crippen molar-refractivity contribution in [3.05, 3.63) is 16.0 Å². The van der Waals surface area contributed by atoms with Crippen LogP contribution in [-0.4, -0.2) is 43.5 Å². The number of nitriles is 1. The topological polar surface area (TPSA) is 125 Å². The van der Waals surface area contributed by atoms with Crippen LogP contribution < -0.4 is 5.56 Å². The third-order valence-electron chi connectivity index (χ3n) is 4.37. The van der Waals surface area contributed by atoms with Crippen LogP contribution >= 0.6 is 0 Å². The Bertz CT molecular complexity index is 938. The molecule has 2 aromatic rings. The lowest BCUT2D eigenvalue weighted by Crippen LogP contribution is -2.30. The summed E-state index contributed by atoms with van der Waals surface area (Å²) in [5, 5.41) is 21.4. The zero-order valence-electron chi connectivity index (χ0n) is 13.6. The molecule has 2 unspecified atom stereocenters. The molecule has 10 heteroatoms. The molecule has 0 radical (unpaired) electrons. The molecule has 3 heterocycles. The fourth-order valence-electron chi connectivity index (χ4n) is 3.01. The molecule has 1 aliphatic heterocycles. The van der Waals surface area contributed by atoms with Gasteiger partial charge in [-0.2, -0.15) is 15.0 Å². The third-order valence-corrected chi connectivity index (χ3v) is 4.37. The SMILES string of the molecule is CC(=O)OCC1CCC(n2nnc3c(C#N)nn(C4CC4)c3c2=O)O1. The maximum atomic E-state index is 12.9. The molecule has 0 amide bonds. The van der Waals surface area contributed by atoms with E-state index in [4.69, 9.17) is 9.47 Å². The molecule has 0 bridgehead atoms. The number of carbonyl (C=O) groups is 1. The molecular formula is C15H16N6O4. The van der Waals surface area contributed by atoms with Crippen LogP contribution in [0.15, 0.2) is 4.79 Å². The van der Waals surface area contributed by atoms with Gasteiger partial charge in [0.15, 0.2) is 23.0 Å². The molecule has 2 atom stereocenters. The molecule has 1 saturated heterocycles. The molecule has 25 heavy (non-hydrogen) atoms. The maximum Gasteiger partial charge on any atom is 0.302 e. The minimum atomic E-state index is -0.571. The van der Waals surface area contributed by atoms with Gasteiger partial charge in [0.2, 0.25) is 0 Å².